The summed E-state index contributed by atoms with van der Waals surface area (Å²) in [7, 11) is 0. The molecule has 0 spiro atoms. The van der Waals surface area contributed by atoms with E-state index in [0.29, 0.717) is 12.0 Å². The van der Waals surface area contributed by atoms with Gasteiger partial charge >= 0.3 is 0 Å². The van der Waals surface area contributed by atoms with Crippen molar-refractivity contribution in [2.24, 2.45) is 5.92 Å². The molecule has 1 heteroatoms. The third-order valence-electron chi connectivity index (χ3n) is 1.65. The lowest BCUT2D eigenvalue weighted by Crippen LogP contribution is -1.94. The lowest BCUT2D eigenvalue weighted by Gasteiger charge is -1.96. The SMILES string of the molecule is CCCC(C#[N+]C(C)C)CC. The Kier molecular flexibility index (Phi) is 5.93. The van der Waals surface area contributed by atoms with Gasteiger partial charge in [-0.2, -0.15) is 0 Å². The fraction of sp³-hybridized carbons (Fsp3) is 0.900. The molecular formula is C10H20N+. The number of rotatable bonds is 3. The van der Waals surface area contributed by atoms with Crippen LogP contribution in [-0.4, -0.2) is 6.04 Å². The molecular weight excluding hydrogens is 134 g/mol. The van der Waals surface area contributed by atoms with Crippen molar-refractivity contribution < 1.29 is 0 Å². The summed E-state index contributed by atoms with van der Waals surface area (Å²) in [6.07, 6.45) is 3.63. The normalized spacial score (nSPS) is 12.5. The van der Waals surface area contributed by atoms with Crippen LogP contribution in [0.3, 0.4) is 0 Å². The third kappa shape index (κ3) is 5.91. The van der Waals surface area contributed by atoms with Crippen LogP contribution >= 0.6 is 0 Å². The van der Waals surface area contributed by atoms with E-state index in [-0.39, 0.29) is 0 Å². The Morgan fingerprint density at radius 3 is 2.27 bits per heavy atom. The lowest BCUT2D eigenvalue weighted by molar-refractivity contribution is 0.579. The smallest absolute Gasteiger partial charge is 0.0808 e. The highest BCUT2D eigenvalue weighted by Crippen LogP contribution is 2.09. The monoisotopic (exact) mass is 154 g/mol. The Morgan fingerprint density at radius 1 is 1.27 bits per heavy atom. The largest absolute Gasteiger partial charge is 0.276 e. The molecule has 0 heterocycles. The topological polar surface area (TPSA) is 4.36 Å². The van der Waals surface area contributed by atoms with Crippen molar-refractivity contribution in [3.8, 4) is 6.07 Å². The fourth-order valence-corrected chi connectivity index (χ4v) is 0.963. The van der Waals surface area contributed by atoms with Gasteiger partial charge in [-0.15, -0.1) is 0 Å². The summed E-state index contributed by atoms with van der Waals surface area (Å²) in [5.74, 6) is 0.586. The molecule has 0 saturated carbocycles. The molecule has 0 aliphatic heterocycles. The first-order valence-corrected chi connectivity index (χ1v) is 4.66. The van der Waals surface area contributed by atoms with Crippen LogP contribution in [0.2, 0.25) is 0 Å². The van der Waals surface area contributed by atoms with Crippen molar-refractivity contribution in [1.82, 2.24) is 0 Å². The van der Waals surface area contributed by atoms with E-state index in [4.69, 9.17) is 0 Å². The molecule has 0 aromatic heterocycles. The Bertz CT molecular complexity index is 139. The molecule has 1 nitrogen and oxygen atoms in total. The van der Waals surface area contributed by atoms with Crippen LogP contribution in [0.5, 0.6) is 0 Å². The van der Waals surface area contributed by atoms with Crippen LogP contribution in [0.4, 0.5) is 0 Å². The maximum Gasteiger partial charge on any atom is 0.276 e. The molecule has 11 heavy (non-hydrogen) atoms. The van der Waals surface area contributed by atoms with Gasteiger partial charge in [0.05, 0.1) is 5.92 Å². The Hall–Kier alpha value is -0.510. The van der Waals surface area contributed by atoms with Gasteiger partial charge in [0, 0.05) is 13.8 Å². The van der Waals surface area contributed by atoms with E-state index >= 15 is 0 Å². The van der Waals surface area contributed by atoms with E-state index in [9.17, 15) is 0 Å². The molecule has 1 unspecified atom stereocenters. The van der Waals surface area contributed by atoms with Gasteiger partial charge in [-0.1, -0.05) is 25.1 Å². The van der Waals surface area contributed by atoms with Crippen molar-refractivity contribution >= 4 is 0 Å². The van der Waals surface area contributed by atoms with Gasteiger partial charge < -0.3 is 0 Å². The van der Waals surface area contributed by atoms with Crippen LogP contribution < -0.4 is 0 Å². The summed E-state index contributed by atoms with van der Waals surface area (Å²) >= 11 is 0. The summed E-state index contributed by atoms with van der Waals surface area (Å²) in [6.45, 7) is 8.58. The zero-order valence-electron chi connectivity index (χ0n) is 8.22. The van der Waals surface area contributed by atoms with Gasteiger partial charge in [0.2, 0.25) is 0 Å². The number of nitrogens with zero attached hydrogens (tertiary/aromatic N) is 1. The highest BCUT2D eigenvalue weighted by Gasteiger charge is 2.07. The van der Waals surface area contributed by atoms with Gasteiger partial charge in [-0.3, -0.25) is 0 Å². The van der Waals surface area contributed by atoms with Gasteiger partial charge in [-0.05, 0) is 12.8 Å². The van der Waals surface area contributed by atoms with E-state index in [1.54, 1.807) is 0 Å². The summed E-state index contributed by atoms with van der Waals surface area (Å²) < 4.78 is 0. The molecule has 0 aliphatic rings. The zero-order valence-corrected chi connectivity index (χ0v) is 8.22. The van der Waals surface area contributed by atoms with Crippen molar-refractivity contribution in [1.29, 1.82) is 0 Å². The fourth-order valence-electron chi connectivity index (χ4n) is 0.963. The first-order chi connectivity index (χ1) is 5.20. The van der Waals surface area contributed by atoms with Crippen LogP contribution in [0.25, 0.3) is 4.85 Å². The first kappa shape index (κ1) is 10.5. The minimum absolute atomic E-state index is 0.404. The standard InChI is InChI=1S/C10H20N/c1-5-7-10(6-2)8-11-9(3)4/h9-10H,5-7H2,1-4H3/q+1. The average Bonchev–Trinajstić information content (AvgIpc) is 1.97. The molecule has 0 N–H and O–H groups in total. The predicted molar refractivity (Wildman–Crippen MR) is 51.1 cm³/mol. The van der Waals surface area contributed by atoms with Crippen molar-refractivity contribution in [2.45, 2.75) is 53.0 Å². The highest BCUT2D eigenvalue weighted by molar-refractivity contribution is 4.95. The average molecular weight is 154 g/mol. The molecule has 1 atom stereocenters. The Balaban J connectivity index is 3.78. The van der Waals surface area contributed by atoms with Crippen molar-refractivity contribution in [3.63, 3.8) is 0 Å². The summed E-state index contributed by atoms with van der Waals surface area (Å²) in [5.41, 5.74) is 0. The van der Waals surface area contributed by atoms with Gasteiger partial charge in [0.25, 0.3) is 12.1 Å². The minimum atomic E-state index is 0.404. The molecule has 0 aliphatic carbocycles. The zero-order chi connectivity index (χ0) is 8.69. The highest BCUT2D eigenvalue weighted by atomic mass is 14.7. The molecule has 0 bridgehead atoms. The molecule has 0 fully saturated rings. The van der Waals surface area contributed by atoms with Crippen molar-refractivity contribution in [2.75, 3.05) is 0 Å². The van der Waals surface area contributed by atoms with E-state index in [0.717, 1.165) is 0 Å². The summed E-state index contributed by atoms with van der Waals surface area (Å²) in [4.78, 5) is 4.26. The molecule has 64 valence electrons. The predicted octanol–water partition coefficient (Wildman–Crippen LogP) is 3.55. The molecule has 0 saturated heterocycles. The van der Waals surface area contributed by atoms with Crippen LogP contribution in [0.15, 0.2) is 0 Å². The van der Waals surface area contributed by atoms with Crippen LogP contribution in [-0.2, 0) is 0 Å². The van der Waals surface area contributed by atoms with Gasteiger partial charge in [0.15, 0.2) is 0 Å². The minimum Gasteiger partial charge on any atom is -0.0808 e. The van der Waals surface area contributed by atoms with Crippen LogP contribution in [0.1, 0.15) is 47.0 Å². The lowest BCUT2D eigenvalue weighted by atomic mass is 10.0. The number of hydrogen-bond donors (Lipinski definition) is 0. The first-order valence-electron chi connectivity index (χ1n) is 4.66. The van der Waals surface area contributed by atoms with Crippen molar-refractivity contribution in [3.05, 3.63) is 4.85 Å². The van der Waals surface area contributed by atoms with E-state index < -0.39 is 0 Å². The van der Waals surface area contributed by atoms with Gasteiger partial charge in [-0.25, -0.2) is 0 Å². The number of hydrogen-bond acceptors (Lipinski definition) is 0. The maximum atomic E-state index is 4.26. The van der Waals surface area contributed by atoms with E-state index in [1.165, 1.54) is 19.3 Å². The summed E-state index contributed by atoms with van der Waals surface area (Å²) in [6, 6.07) is 3.60. The molecule has 0 aromatic carbocycles. The van der Waals surface area contributed by atoms with E-state index in [1.807, 2.05) is 0 Å². The summed E-state index contributed by atoms with van der Waals surface area (Å²) in [5, 5.41) is 0. The second-order valence-electron chi connectivity index (χ2n) is 3.25. The van der Waals surface area contributed by atoms with E-state index in [2.05, 4.69) is 38.6 Å². The Labute approximate surface area is 70.6 Å². The molecule has 0 aromatic rings. The molecule has 0 rings (SSSR count). The Morgan fingerprint density at radius 2 is 1.91 bits per heavy atom. The maximum absolute atomic E-state index is 4.26. The van der Waals surface area contributed by atoms with Crippen LogP contribution in [0, 0.1) is 12.0 Å². The quantitative estimate of drug-likeness (QED) is 0.585. The second-order valence-corrected chi connectivity index (χ2v) is 3.25. The molecule has 0 amide bonds. The second kappa shape index (κ2) is 6.22. The third-order valence-corrected chi connectivity index (χ3v) is 1.65. The van der Waals surface area contributed by atoms with Gasteiger partial charge in [0.1, 0.15) is 0 Å². The molecule has 0 radical (unpaired) electrons.